The molecule has 1 fully saturated rings. The molecule has 110 valence electrons. The van der Waals surface area contributed by atoms with Gasteiger partial charge in [-0.2, -0.15) is 0 Å². The number of rotatable bonds is 6. The van der Waals surface area contributed by atoms with Crippen LogP contribution in [0.25, 0.3) is 0 Å². The van der Waals surface area contributed by atoms with Crippen molar-refractivity contribution in [3.05, 3.63) is 0 Å². The standard InChI is InChI=1S/C15H27NO3/c1-6-15(5,7-2)18-11-14(17)10-16-8-12(3)19-13(4)9-16/h1,12-14,17H,7-11H2,2-5H3/t12-,13+,14-,15+/m0/s1. The van der Waals surface area contributed by atoms with Crippen LogP contribution in [0.3, 0.4) is 0 Å². The second-order valence-electron chi connectivity index (χ2n) is 5.67. The Labute approximate surface area is 117 Å². The third-order valence-corrected chi connectivity index (χ3v) is 3.54. The number of hydrogen-bond donors (Lipinski definition) is 1. The summed E-state index contributed by atoms with van der Waals surface area (Å²) in [6.45, 7) is 10.5. The van der Waals surface area contributed by atoms with E-state index in [1.807, 2.05) is 13.8 Å². The average molecular weight is 269 g/mol. The fourth-order valence-electron chi connectivity index (χ4n) is 2.31. The predicted octanol–water partition coefficient (Wildman–Crippen LogP) is 1.27. The minimum atomic E-state index is -0.577. The molecule has 0 aromatic carbocycles. The molecule has 0 aromatic heterocycles. The number of hydrogen-bond acceptors (Lipinski definition) is 4. The number of aliphatic hydroxyl groups is 1. The van der Waals surface area contributed by atoms with E-state index in [1.165, 1.54) is 0 Å². The van der Waals surface area contributed by atoms with Crippen LogP contribution in [0.1, 0.15) is 34.1 Å². The van der Waals surface area contributed by atoms with E-state index in [0.29, 0.717) is 6.54 Å². The Hall–Kier alpha value is -0.600. The number of morpholine rings is 1. The van der Waals surface area contributed by atoms with Crippen molar-refractivity contribution in [1.29, 1.82) is 0 Å². The fourth-order valence-corrected chi connectivity index (χ4v) is 2.31. The van der Waals surface area contributed by atoms with Gasteiger partial charge in [0.25, 0.3) is 0 Å². The molecular weight excluding hydrogens is 242 g/mol. The lowest BCUT2D eigenvalue weighted by atomic mass is 10.1. The van der Waals surface area contributed by atoms with Crippen LogP contribution in [0, 0.1) is 12.3 Å². The molecule has 0 unspecified atom stereocenters. The molecule has 0 radical (unpaired) electrons. The largest absolute Gasteiger partial charge is 0.389 e. The Balaban J connectivity index is 2.35. The predicted molar refractivity (Wildman–Crippen MR) is 75.9 cm³/mol. The van der Waals surface area contributed by atoms with Gasteiger partial charge in [-0.3, -0.25) is 4.90 Å². The van der Waals surface area contributed by atoms with Crippen LogP contribution in [-0.4, -0.2) is 60.2 Å². The SMILES string of the molecule is C#C[C@](C)(CC)OC[C@@H](O)CN1C[C@@H](C)O[C@@H](C)C1. The van der Waals surface area contributed by atoms with Gasteiger partial charge in [-0.05, 0) is 27.2 Å². The van der Waals surface area contributed by atoms with Gasteiger partial charge in [0.2, 0.25) is 0 Å². The van der Waals surface area contributed by atoms with Crippen LogP contribution in [0.5, 0.6) is 0 Å². The van der Waals surface area contributed by atoms with E-state index in [9.17, 15) is 5.11 Å². The zero-order chi connectivity index (χ0) is 14.5. The van der Waals surface area contributed by atoms with Gasteiger partial charge >= 0.3 is 0 Å². The maximum Gasteiger partial charge on any atom is 0.125 e. The lowest BCUT2D eigenvalue weighted by Gasteiger charge is -2.36. The van der Waals surface area contributed by atoms with E-state index in [4.69, 9.17) is 15.9 Å². The maximum absolute atomic E-state index is 10.1. The van der Waals surface area contributed by atoms with Crippen LogP contribution in [0.4, 0.5) is 0 Å². The highest BCUT2D eigenvalue weighted by Crippen LogP contribution is 2.15. The van der Waals surface area contributed by atoms with Gasteiger partial charge < -0.3 is 14.6 Å². The molecule has 0 aliphatic carbocycles. The normalized spacial score (nSPS) is 29.5. The second kappa shape index (κ2) is 7.25. The van der Waals surface area contributed by atoms with Gasteiger partial charge in [0, 0.05) is 19.6 Å². The average Bonchev–Trinajstić information content (AvgIpc) is 2.35. The number of ether oxygens (including phenoxy) is 2. The van der Waals surface area contributed by atoms with Crippen molar-refractivity contribution in [3.8, 4) is 12.3 Å². The highest BCUT2D eigenvalue weighted by atomic mass is 16.5. The third kappa shape index (κ3) is 5.50. The molecule has 1 saturated heterocycles. The van der Waals surface area contributed by atoms with Gasteiger partial charge in [-0.15, -0.1) is 6.42 Å². The van der Waals surface area contributed by atoms with E-state index in [0.717, 1.165) is 19.5 Å². The minimum Gasteiger partial charge on any atom is -0.389 e. The molecular formula is C15H27NO3. The maximum atomic E-state index is 10.1. The summed E-state index contributed by atoms with van der Waals surface area (Å²) >= 11 is 0. The van der Waals surface area contributed by atoms with E-state index in [1.54, 1.807) is 0 Å². The van der Waals surface area contributed by atoms with Crippen molar-refractivity contribution < 1.29 is 14.6 Å². The first-order valence-electron chi connectivity index (χ1n) is 7.06. The van der Waals surface area contributed by atoms with Crippen molar-refractivity contribution >= 4 is 0 Å². The molecule has 0 aromatic rings. The molecule has 1 heterocycles. The van der Waals surface area contributed by atoms with Gasteiger partial charge in [0.1, 0.15) is 5.60 Å². The number of aliphatic hydroxyl groups excluding tert-OH is 1. The summed E-state index contributed by atoms with van der Waals surface area (Å²) < 4.78 is 11.3. The first kappa shape index (κ1) is 16.5. The molecule has 0 saturated carbocycles. The summed E-state index contributed by atoms with van der Waals surface area (Å²) in [4.78, 5) is 2.21. The van der Waals surface area contributed by atoms with Gasteiger partial charge in [-0.1, -0.05) is 12.8 Å². The molecule has 19 heavy (non-hydrogen) atoms. The zero-order valence-corrected chi connectivity index (χ0v) is 12.6. The summed E-state index contributed by atoms with van der Waals surface area (Å²) in [5.74, 6) is 2.63. The summed E-state index contributed by atoms with van der Waals surface area (Å²) in [6.07, 6.45) is 6.08. The number of β-amino-alcohol motifs (C(OH)–C–C–N with tert-alkyl or cyclic N) is 1. The molecule has 4 atom stereocenters. The first-order valence-corrected chi connectivity index (χ1v) is 7.06. The monoisotopic (exact) mass is 269 g/mol. The van der Waals surface area contributed by atoms with Crippen molar-refractivity contribution in [2.45, 2.75) is 58.0 Å². The third-order valence-electron chi connectivity index (χ3n) is 3.54. The minimum absolute atomic E-state index is 0.212. The molecule has 1 aliphatic heterocycles. The van der Waals surface area contributed by atoms with Crippen molar-refractivity contribution in [1.82, 2.24) is 4.90 Å². The Bertz CT molecular complexity index is 305. The van der Waals surface area contributed by atoms with E-state index in [-0.39, 0.29) is 18.8 Å². The van der Waals surface area contributed by atoms with Crippen LogP contribution >= 0.6 is 0 Å². The smallest absolute Gasteiger partial charge is 0.125 e. The fraction of sp³-hybridized carbons (Fsp3) is 0.867. The van der Waals surface area contributed by atoms with E-state index < -0.39 is 11.7 Å². The van der Waals surface area contributed by atoms with Gasteiger partial charge in [0.15, 0.2) is 0 Å². The van der Waals surface area contributed by atoms with Crippen molar-refractivity contribution in [2.75, 3.05) is 26.2 Å². The quantitative estimate of drug-likeness (QED) is 0.738. The van der Waals surface area contributed by atoms with Crippen LogP contribution in [0.15, 0.2) is 0 Å². The molecule has 1 rings (SSSR count). The van der Waals surface area contributed by atoms with E-state index >= 15 is 0 Å². The summed E-state index contributed by atoms with van der Waals surface area (Å²) in [7, 11) is 0. The Morgan fingerprint density at radius 2 is 2.05 bits per heavy atom. The highest BCUT2D eigenvalue weighted by Gasteiger charge is 2.25. The van der Waals surface area contributed by atoms with Crippen LogP contribution in [0.2, 0.25) is 0 Å². The molecule has 0 bridgehead atoms. The van der Waals surface area contributed by atoms with Gasteiger partial charge in [-0.25, -0.2) is 0 Å². The summed E-state index contributed by atoms with van der Waals surface area (Å²) in [5.41, 5.74) is -0.577. The Morgan fingerprint density at radius 3 is 2.53 bits per heavy atom. The molecule has 1 aliphatic rings. The number of terminal acetylenes is 1. The molecule has 0 amide bonds. The summed E-state index contributed by atoms with van der Waals surface area (Å²) in [6, 6.07) is 0. The van der Waals surface area contributed by atoms with E-state index in [2.05, 4.69) is 24.7 Å². The summed E-state index contributed by atoms with van der Waals surface area (Å²) in [5, 5.41) is 10.1. The lowest BCUT2D eigenvalue weighted by molar-refractivity contribution is -0.0904. The topological polar surface area (TPSA) is 41.9 Å². The number of nitrogens with zero attached hydrogens (tertiary/aromatic N) is 1. The highest BCUT2D eigenvalue weighted by molar-refractivity contribution is 5.05. The molecule has 0 spiro atoms. The van der Waals surface area contributed by atoms with Crippen molar-refractivity contribution in [2.24, 2.45) is 0 Å². The Kier molecular flexibility index (Phi) is 6.28. The second-order valence-corrected chi connectivity index (χ2v) is 5.67. The van der Waals surface area contributed by atoms with Crippen LogP contribution in [-0.2, 0) is 9.47 Å². The lowest BCUT2D eigenvalue weighted by Crippen LogP contribution is -2.49. The van der Waals surface area contributed by atoms with Crippen LogP contribution < -0.4 is 0 Å². The molecule has 4 nitrogen and oxygen atoms in total. The first-order chi connectivity index (χ1) is 8.88. The van der Waals surface area contributed by atoms with Gasteiger partial charge in [0.05, 0.1) is 24.9 Å². The van der Waals surface area contributed by atoms with Crippen molar-refractivity contribution in [3.63, 3.8) is 0 Å². The molecule has 1 N–H and O–H groups in total. The zero-order valence-electron chi connectivity index (χ0n) is 12.6. The Morgan fingerprint density at radius 1 is 1.47 bits per heavy atom. The molecule has 4 heteroatoms.